The van der Waals surface area contributed by atoms with Gasteiger partial charge in [0.1, 0.15) is 12.0 Å². The van der Waals surface area contributed by atoms with Crippen LogP contribution in [0.3, 0.4) is 0 Å². The first-order valence-electron chi connectivity index (χ1n) is 8.59. The Balaban J connectivity index is 1.91. The molecule has 2 aromatic carbocycles. The van der Waals surface area contributed by atoms with Crippen LogP contribution >= 0.6 is 11.6 Å². The normalized spacial score (nSPS) is 10.8. The minimum atomic E-state index is -0.545. The molecule has 7 nitrogen and oxygen atoms in total. The van der Waals surface area contributed by atoms with Crippen LogP contribution in [0.4, 0.5) is 11.4 Å². The van der Waals surface area contributed by atoms with E-state index in [2.05, 4.69) is 10.5 Å². The molecule has 0 radical (unpaired) electrons. The van der Waals surface area contributed by atoms with Crippen molar-refractivity contribution in [1.82, 2.24) is 0 Å². The van der Waals surface area contributed by atoms with E-state index in [-0.39, 0.29) is 18.6 Å². The zero-order valence-corrected chi connectivity index (χ0v) is 16.6. The molecule has 1 N–H and O–H groups in total. The topological polar surface area (TPSA) is 80.2 Å². The van der Waals surface area contributed by atoms with Gasteiger partial charge in [0, 0.05) is 16.8 Å². The zero-order chi connectivity index (χ0) is 20.5. The largest absolute Gasteiger partial charge is 0.495 e. The van der Waals surface area contributed by atoms with Crippen LogP contribution < -0.4 is 15.0 Å². The second-order valence-electron chi connectivity index (χ2n) is 6.03. The van der Waals surface area contributed by atoms with Gasteiger partial charge in [-0.15, -0.1) is 0 Å². The van der Waals surface area contributed by atoms with Crippen LogP contribution in [-0.4, -0.2) is 37.8 Å². The minimum Gasteiger partial charge on any atom is -0.495 e. The molecule has 0 aliphatic rings. The molecule has 0 aliphatic heterocycles. The van der Waals surface area contributed by atoms with E-state index < -0.39 is 5.91 Å². The lowest BCUT2D eigenvalue weighted by Gasteiger charge is -2.26. The summed E-state index contributed by atoms with van der Waals surface area (Å²) in [7, 11) is 1.48. The highest BCUT2D eigenvalue weighted by atomic mass is 35.5. The minimum absolute atomic E-state index is 0.0546. The fraction of sp³-hybridized carbons (Fsp3) is 0.250. The highest BCUT2D eigenvalue weighted by molar-refractivity contribution is 6.33. The first-order valence-corrected chi connectivity index (χ1v) is 8.97. The van der Waals surface area contributed by atoms with E-state index in [0.29, 0.717) is 16.5 Å². The van der Waals surface area contributed by atoms with Crippen LogP contribution in [0.1, 0.15) is 13.8 Å². The summed E-state index contributed by atoms with van der Waals surface area (Å²) in [4.78, 5) is 31.0. The number of methoxy groups -OCH3 is 1. The van der Waals surface area contributed by atoms with Crippen molar-refractivity contribution in [2.24, 2.45) is 5.16 Å². The number of benzene rings is 2. The third kappa shape index (κ3) is 5.99. The Morgan fingerprint density at radius 2 is 1.93 bits per heavy atom. The summed E-state index contributed by atoms with van der Waals surface area (Å²) < 4.78 is 5.15. The first-order chi connectivity index (χ1) is 13.4. The van der Waals surface area contributed by atoms with Crippen molar-refractivity contribution < 1.29 is 19.2 Å². The molecule has 0 unspecified atom stereocenters. The molecule has 0 heterocycles. The molecule has 148 valence electrons. The van der Waals surface area contributed by atoms with E-state index in [1.54, 1.807) is 23.1 Å². The zero-order valence-electron chi connectivity index (χ0n) is 15.9. The number of carbonyl (C=O) groups excluding carboxylic acids is 2. The second-order valence-corrected chi connectivity index (χ2v) is 6.47. The van der Waals surface area contributed by atoms with Gasteiger partial charge in [0.25, 0.3) is 11.8 Å². The third-order valence-corrected chi connectivity index (χ3v) is 3.91. The predicted octanol–water partition coefficient (Wildman–Crippen LogP) is 3.73. The number of carbonyl (C=O) groups is 2. The van der Waals surface area contributed by atoms with Crippen LogP contribution in [0, 0.1) is 0 Å². The van der Waals surface area contributed by atoms with E-state index >= 15 is 0 Å². The third-order valence-electron chi connectivity index (χ3n) is 3.67. The maximum Gasteiger partial charge on any atom is 0.270 e. The van der Waals surface area contributed by atoms with E-state index in [9.17, 15) is 9.59 Å². The van der Waals surface area contributed by atoms with Gasteiger partial charge in [0.15, 0.2) is 6.61 Å². The van der Waals surface area contributed by atoms with E-state index in [0.717, 1.165) is 11.9 Å². The van der Waals surface area contributed by atoms with Crippen LogP contribution in [0.5, 0.6) is 5.75 Å². The van der Waals surface area contributed by atoms with Crippen LogP contribution in [0.2, 0.25) is 5.02 Å². The number of nitrogens with one attached hydrogen (secondary N) is 1. The van der Waals surface area contributed by atoms with Crippen molar-refractivity contribution >= 4 is 41.0 Å². The SMILES string of the molecule is COc1ccc(Cl)cc1NC(=O)/C=N\OCC(=O)N(c1ccccc1)C(C)C. The molecule has 0 atom stereocenters. The molecule has 0 saturated heterocycles. The maximum absolute atomic E-state index is 12.4. The molecule has 28 heavy (non-hydrogen) atoms. The number of para-hydroxylation sites is 1. The average molecular weight is 404 g/mol. The number of oxime groups is 1. The highest BCUT2D eigenvalue weighted by Crippen LogP contribution is 2.27. The number of anilines is 2. The molecule has 0 aromatic heterocycles. The summed E-state index contributed by atoms with van der Waals surface area (Å²) in [6, 6.07) is 14.0. The molecule has 0 spiro atoms. The van der Waals surface area contributed by atoms with Crippen molar-refractivity contribution in [1.29, 1.82) is 0 Å². The molecule has 2 aromatic rings. The average Bonchev–Trinajstić information content (AvgIpc) is 2.66. The van der Waals surface area contributed by atoms with Crippen molar-refractivity contribution in [2.75, 3.05) is 23.9 Å². The number of amides is 2. The van der Waals surface area contributed by atoms with Crippen molar-refractivity contribution in [3.63, 3.8) is 0 Å². The standard InChI is InChI=1S/C20H22ClN3O4/c1-14(2)24(16-7-5-4-6-8-16)20(26)13-28-22-12-19(25)23-17-11-15(21)9-10-18(17)27-3/h4-12,14H,13H2,1-3H3,(H,23,25)/b22-12-. The van der Waals surface area contributed by atoms with Gasteiger partial charge in [-0.3, -0.25) is 9.59 Å². The number of ether oxygens (including phenoxy) is 1. The Bertz CT molecular complexity index is 841. The Morgan fingerprint density at radius 3 is 2.57 bits per heavy atom. The summed E-state index contributed by atoms with van der Waals surface area (Å²) in [5.41, 5.74) is 1.17. The van der Waals surface area contributed by atoms with Gasteiger partial charge in [-0.05, 0) is 44.2 Å². The monoisotopic (exact) mass is 403 g/mol. The highest BCUT2D eigenvalue weighted by Gasteiger charge is 2.19. The fourth-order valence-corrected chi connectivity index (χ4v) is 2.68. The lowest BCUT2D eigenvalue weighted by Crippen LogP contribution is -2.39. The summed E-state index contributed by atoms with van der Waals surface area (Å²) in [5.74, 6) is -0.357. The van der Waals surface area contributed by atoms with Crippen molar-refractivity contribution in [3.8, 4) is 5.75 Å². The predicted molar refractivity (Wildman–Crippen MR) is 110 cm³/mol. The molecule has 2 rings (SSSR count). The maximum atomic E-state index is 12.4. The Hall–Kier alpha value is -3.06. The summed E-state index contributed by atoms with van der Waals surface area (Å²) in [6.45, 7) is 3.51. The molecule has 8 heteroatoms. The van der Waals surface area contributed by atoms with Crippen molar-refractivity contribution in [2.45, 2.75) is 19.9 Å². The number of halogens is 1. The van der Waals surface area contributed by atoms with Gasteiger partial charge in [0.2, 0.25) is 0 Å². The summed E-state index contributed by atoms with van der Waals surface area (Å²) >= 11 is 5.92. The Kier molecular flexibility index (Phi) is 7.83. The molecular formula is C20H22ClN3O4. The van der Waals surface area contributed by atoms with Gasteiger partial charge < -0.3 is 19.8 Å². The van der Waals surface area contributed by atoms with Crippen LogP contribution in [0.25, 0.3) is 0 Å². The van der Waals surface area contributed by atoms with Gasteiger partial charge in [-0.1, -0.05) is 35.0 Å². The Morgan fingerprint density at radius 1 is 1.21 bits per heavy atom. The van der Waals surface area contributed by atoms with Crippen LogP contribution in [-0.2, 0) is 14.4 Å². The molecular weight excluding hydrogens is 382 g/mol. The molecule has 0 saturated carbocycles. The van der Waals surface area contributed by atoms with Gasteiger partial charge in [-0.2, -0.15) is 0 Å². The second kappa shape index (κ2) is 10.3. The number of hydrogen-bond donors (Lipinski definition) is 1. The van der Waals surface area contributed by atoms with Crippen molar-refractivity contribution in [3.05, 3.63) is 53.6 Å². The lowest BCUT2D eigenvalue weighted by molar-refractivity contribution is -0.123. The quantitative estimate of drug-likeness (QED) is 0.538. The lowest BCUT2D eigenvalue weighted by atomic mass is 10.2. The van der Waals surface area contributed by atoms with Gasteiger partial charge in [-0.25, -0.2) is 0 Å². The van der Waals surface area contributed by atoms with E-state index in [4.69, 9.17) is 21.2 Å². The number of nitrogens with zero attached hydrogens (tertiary/aromatic N) is 2. The number of hydrogen-bond acceptors (Lipinski definition) is 5. The summed E-state index contributed by atoms with van der Waals surface area (Å²) in [5, 5.41) is 6.60. The fourth-order valence-electron chi connectivity index (χ4n) is 2.51. The number of rotatable bonds is 8. The van der Waals surface area contributed by atoms with Gasteiger partial charge in [0.05, 0.1) is 12.8 Å². The Labute approximate surface area is 168 Å². The smallest absolute Gasteiger partial charge is 0.270 e. The van der Waals surface area contributed by atoms with Crippen LogP contribution in [0.15, 0.2) is 53.7 Å². The van der Waals surface area contributed by atoms with Gasteiger partial charge >= 0.3 is 0 Å². The molecule has 0 fully saturated rings. The molecule has 2 amide bonds. The molecule has 0 bridgehead atoms. The van der Waals surface area contributed by atoms with E-state index in [1.807, 2.05) is 44.2 Å². The summed E-state index contributed by atoms with van der Waals surface area (Å²) in [6.07, 6.45) is 0.940. The first kappa shape index (κ1) is 21.2. The van der Waals surface area contributed by atoms with E-state index in [1.165, 1.54) is 7.11 Å². The molecule has 0 aliphatic carbocycles.